The van der Waals surface area contributed by atoms with Gasteiger partial charge in [0, 0.05) is 19.4 Å². The number of rotatable bonds is 44. The minimum absolute atomic E-state index is 0.324. The highest BCUT2D eigenvalue weighted by atomic mass is 16.4. The van der Waals surface area contributed by atoms with Crippen LogP contribution in [0.5, 0.6) is 0 Å². The van der Waals surface area contributed by atoms with Gasteiger partial charge in [0.15, 0.2) is 0 Å². The lowest BCUT2D eigenvalue weighted by molar-refractivity contribution is -0.138. The summed E-state index contributed by atoms with van der Waals surface area (Å²) >= 11 is 0. The normalized spacial score (nSPS) is 11.5. The molecule has 0 fully saturated rings. The molecule has 0 aliphatic heterocycles. The van der Waals surface area contributed by atoms with Gasteiger partial charge in [-0.25, -0.2) is 0 Å². The molecular formula is C54H102O5. The highest BCUT2D eigenvalue weighted by molar-refractivity contribution is 5.66. The Hall–Kier alpha value is -2.14. The van der Waals surface area contributed by atoms with Gasteiger partial charge in [-0.3, -0.25) is 9.59 Å². The second kappa shape index (κ2) is 60.2. The van der Waals surface area contributed by atoms with Crippen LogP contribution in [0.2, 0.25) is 0 Å². The SMILES string of the molecule is CCCCC/C=C\C/C=C\CCCCCCCC(=O)O.CCCCC/C=C\C/C=C\CCCCCCCC(=O)O.CCCCCCCCCCCCCCCCCCO. The molecule has 5 heteroatoms. The zero-order valence-corrected chi connectivity index (χ0v) is 39.8. The molecule has 348 valence electrons. The van der Waals surface area contributed by atoms with E-state index >= 15 is 0 Å². The number of hydrogen-bond acceptors (Lipinski definition) is 3. The third-order valence-corrected chi connectivity index (χ3v) is 10.7. The molecule has 0 aliphatic carbocycles. The Morgan fingerprint density at radius 1 is 0.305 bits per heavy atom. The molecule has 5 nitrogen and oxygen atoms in total. The molecule has 0 saturated carbocycles. The molecule has 0 aromatic rings. The first-order valence-corrected chi connectivity index (χ1v) is 25.6. The van der Waals surface area contributed by atoms with Gasteiger partial charge in [-0.15, -0.1) is 0 Å². The van der Waals surface area contributed by atoms with Crippen LogP contribution < -0.4 is 0 Å². The van der Waals surface area contributed by atoms with Crippen LogP contribution in [0, 0.1) is 0 Å². The molecule has 0 saturated heterocycles. The average molecular weight is 831 g/mol. The molecule has 59 heavy (non-hydrogen) atoms. The number of aliphatic hydroxyl groups is 1. The summed E-state index contributed by atoms with van der Waals surface area (Å²) in [4.78, 5) is 20.6. The quantitative estimate of drug-likeness (QED) is 0.0420. The summed E-state index contributed by atoms with van der Waals surface area (Å²) in [5.41, 5.74) is 0. The minimum Gasteiger partial charge on any atom is -0.481 e. The van der Waals surface area contributed by atoms with Gasteiger partial charge in [0.25, 0.3) is 0 Å². The van der Waals surface area contributed by atoms with Gasteiger partial charge < -0.3 is 15.3 Å². The van der Waals surface area contributed by atoms with Crippen LogP contribution in [0.15, 0.2) is 48.6 Å². The number of carbonyl (C=O) groups is 2. The molecule has 0 unspecified atom stereocenters. The molecule has 0 bridgehead atoms. The fourth-order valence-corrected chi connectivity index (χ4v) is 6.84. The molecule has 0 aliphatic rings. The van der Waals surface area contributed by atoms with Crippen LogP contribution in [0.3, 0.4) is 0 Å². The van der Waals surface area contributed by atoms with Crippen molar-refractivity contribution < 1.29 is 24.9 Å². The van der Waals surface area contributed by atoms with E-state index in [1.165, 1.54) is 186 Å². The first-order valence-electron chi connectivity index (χ1n) is 25.6. The minimum atomic E-state index is -0.671. The van der Waals surface area contributed by atoms with Gasteiger partial charge in [0.05, 0.1) is 0 Å². The number of carboxylic acids is 2. The maximum absolute atomic E-state index is 10.3. The van der Waals surface area contributed by atoms with E-state index in [1.807, 2.05) is 0 Å². The van der Waals surface area contributed by atoms with Gasteiger partial charge in [0.1, 0.15) is 0 Å². The number of unbranched alkanes of at least 4 members (excludes halogenated alkanes) is 31. The summed E-state index contributed by atoms with van der Waals surface area (Å²) in [5.74, 6) is -1.34. The van der Waals surface area contributed by atoms with E-state index in [4.69, 9.17) is 15.3 Å². The third-order valence-electron chi connectivity index (χ3n) is 10.7. The Kier molecular flexibility index (Phi) is 62.4. The standard InChI is InChI=1S/2C18H32O2.C18H38O/c2*1-2-3-4-5-6-7-8-9-10-11-12-13-14-15-16-17-18(19)20;1-2-3-4-5-6-7-8-9-10-11-12-13-14-15-16-17-18-19/h2*6-7,9-10H,2-5,8,11-17H2,1H3,(H,19,20);19H,2-18H2,1H3/b2*7-6-,10-9-;. The van der Waals surface area contributed by atoms with Gasteiger partial charge >= 0.3 is 11.9 Å². The monoisotopic (exact) mass is 831 g/mol. The van der Waals surface area contributed by atoms with Crippen LogP contribution in [0.4, 0.5) is 0 Å². The largest absolute Gasteiger partial charge is 0.481 e. The van der Waals surface area contributed by atoms with Gasteiger partial charge in [-0.05, 0) is 83.5 Å². The van der Waals surface area contributed by atoms with Crippen LogP contribution >= 0.6 is 0 Å². The second-order valence-electron chi connectivity index (χ2n) is 16.8. The van der Waals surface area contributed by atoms with Crippen LogP contribution in [-0.4, -0.2) is 33.9 Å². The summed E-state index contributed by atoms with van der Waals surface area (Å²) in [6, 6.07) is 0. The summed E-state index contributed by atoms with van der Waals surface area (Å²) in [6.45, 7) is 7.13. The van der Waals surface area contributed by atoms with Gasteiger partial charge in [-0.2, -0.15) is 0 Å². The molecule has 3 N–H and O–H groups in total. The maximum atomic E-state index is 10.3. The van der Waals surface area contributed by atoms with Crippen LogP contribution in [0.25, 0.3) is 0 Å². The van der Waals surface area contributed by atoms with Gasteiger partial charge in [0.2, 0.25) is 0 Å². The zero-order valence-electron chi connectivity index (χ0n) is 39.8. The van der Waals surface area contributed by atoms with E-state index in [2.05, 4.69) is 69.4 Å². The predicted octanol–water partition coefficient (Wildman–Crippen LogP) is 18.0. The van der Waals surface area contributed by atoms with E-state index in [-0.39, 0.29) is 0 Å². The lowest BCUT2D eigenvalue weighted by Crippen LogP contribution is -1.93. The summed E-state index contributed by atoms with van der Waals surface area (Å²) < 4.78 is 0. The molecular weight excluding hydrogens is 729 g/mol. The number of hydrogen-bond donors (Lipinski definition) is 3. The first-order chi connectivity index (χ1) is 29.0. The average Bonchev–Trinajstić information content (AvgIpc) is 3.22. The van der Waals surface area contributed by atoms with E-state index in [1.54, 1.807) is 0 Å². The smallest absolute Gasteiger partial charge is 0.303 e. The number of carboxylic acid groups (broad SMARTS) is 2. The van der Waals surface area contributed by atoms with Crippen molar-refractivity contribution in [2.75, 3.05) is 6.61 Å². The number of aliphatic carboxylic acids is 2. The Morgan fingerprint density at radius 2 is 0.525 bits per heavy atom. The van der Waals surface area contributed by atoms with Crippen molar-refractivity contribution in [3.05, 3.63) is 48.6 Å². The van der Waals surface area contributed by atoms with Gasteiger partial charge in [-0.1, -0.05) is 230 Å². The Morgan fingerprint density at radius 3 is 0.797 bits per heavy atom. The van der Waals surface area contributed by atoms with E-state index in [0.29, 0.717) is 19.4 Å². The molecule has 0 radical (unpaired) electrons. The number of allylic oxidation sites excluding steroid dienone is 8. The van der Waals surface area contributed by atoms with Crippen molar-refractivity contribution in [1.29, 1.82) is 0 Å². The Balaban J connectivity index is -0.000000798. The van der Waals surface area contributed by atoms with Crippen LogP contribution in [0.1, 0.15) is 278 Å². The summed E-state index contributed by atoms with van der Waals surface area (Å²) in [7, 11) is 0. The van der Waals surface area contributed by atoms with Crippen molar-refractivity contribution in [2.45, 2.75) is 278 Å². The second-order valence-corrected chi connectivity index (χ2v) is 16.8. The van der Waals surface area contributed by atoms with E-state index in [0.717, 1.165) is 57.8 Å². The Labute approximate surface area is 368 Å². The van der Waals surface area contributed by atoms with Crippen LogP contribution in [-0.2, 0) is 9.59 Å². The highest BCUT2D eigenvalue weighted by Crippen LogP contribution is 2.14. The first kappa shape index (κ1) is 61.2. The lowest BCUT2D eigenvalue weighted by Gasteiger charge is -2.03. The molecule has 0 spiro atoms. The van der Waals surface area contributed by atoms with Crippen molar-refractivity contribution in [2.24, 2.45) is 0 Å². The van der Waals surface area contributed by atoms with Crippen molar-refractivity contribution in [3.63, 3.8) is 0 Å². The maximum Gasteiger partial charge on any atom is 0.303 e. The lowest BCUT2D eigenvalue weighted by atomic mass is 10.0. The van der Waals surface area contributed by atoms with E-state index in [9.17, 15) is 9.59 Å². The fraction of sp³-hybridized carbons (Fsp3) is 0.815. The predicted molar refractivity (Wildman–Crippen MR) is 261 cm³/mol. The number of aliphatic hydroxyl groups excluding tert-OH is 1. The molecule has 0 aromatic heterocycles. The molecule has 0 rings (SSSR count). The molecule has 0 amide bonds. The topological polar surface area (TPSA) is 94.8 Å². The molecule has 0 heterocycles. The fourth-order valence-electron chi connectivity index (χ4n) is 6.84. The van der Waals surface area contributed by atoms with Crippen molar-refractivity contribution >= 4 is 11.9 Å². The van der Waals surface area contributed by atoms with Crippen molar-refractivity contribution in [1.82, 2.24) is 0 Å². The summed E-state index contributed by atoms with van der Waals surface area (Å²) in [6.07, 6.45) is 66.7. The van der Waals surface area contributed by atoms with Crippen molar-refractivity contribution in [3.8, 4) is 0 Å². The zero-order chi connectivity index (χ0) is 43.8. The third kappa shape index (κ3) is 70.7. The molecule has 0 aromatic carbocycles. The summed E-state index contributed by atoms with van der Waals surface area (Å²) in [5, 5.41) is 25.7. The highest BCUT2D eigenvalue weighted by Gasteiger charge is 1.97. The van der Waals surface area contributed by atoms with E-state index < -0.39 is 11.9 Å². The Bertz CT molecular complexity index is 832. The molecule has 0 atom stereocenters.